The molecule has 2 fully saturated rings. The van der Waals surface area contributed by atoms with Crippen molar-refractivity contribution in [3.63, 3.8) is 0 Å². The summed E-state index contributed by atoms with van der Waals surface area (Å²) in [4.78, 5) is 0. The molecule has 5 aliphatic rings. The van der Waals surface area contributed by atoms with Crippen LogP contribution in [0.1, 0.15) is 30.5 Å². The Bertz CT molecular complexity index is 982. The molecular formula is C28H34N2Si. The van der Waals surface area contributed by atoms with Crippen LogP contribution in [0.4, 0.5) is 0 Å². The molecule has 1 aliphatic heterocycles. The summed E-state index contributed by atoms with van der Waals surface area (Å²) < 4.78 is 2.98. The molecule has 2 nitrogen and oxygen atoms in total. The Kier molecular flexibility index (Phi) is 4.64. The van der Waals surface area contributed by atoms with E-state index in [1.165, 1.54) is 11.1 Å². The lowest BCUT2D eigenvalue weighted by Crippen LogP contribution is -2.60. The maximum atomic E-state index is 4.07. The lowest BCUT2D eigenvalue weighted by Gasteiger charge is -2.48. The summed E-state index contributed by atoms with van der Waals surface area (Å²) in [5.41, 5.74) is 3.59. The normalized spacial score (nSPS) is 40.0. The molecule has 1 saturated heterocycles. The quantitative estimate of drug-likeness (QED) is 0.590. The lowest BCUT2D eigenvalue weighted by molar-refractivity contribution is 0.312. The Hall–Kier alpha value is -1.94. The molecule has 1 heterocycles. The topological polar surface area (TPSA) is 15.3 Å². The van der Waals surface area contributed by atoms with Gasteiger partial charge in [0, 0.05) is 6.04 Å². The molecule has 0 amide bonds. The molecule has 1 aromatic carbocycles. The van der Waals surface area contributed by atoms with Gasteiger partial charge in [0.1, 0.15) is 8.24 Å². The van der Waals surface area contributed by atoms with E-state index in [0.717, 1.165) is 12.0 Å². The Morgan fingerprint density at radius 3 is 2.10 bits per heavy atom. The molecule has 0 bridgehead atoms. The minimum Gasteiger partial charge on any atom is -0.301 e. The van der Waals surface area contributed by atoms with Gasteiger partial charge in [-0.2, -0.15) is 0 Å². The number of allylic oxidation sites excluding steroid dienone is 8. The summed E-state index contributed by atoms with van der Waals surface area (Å²) in [5.74, 6) is 2.63. The third kappa shape index (κ3) is 2.83. The van der Waals surface area contributed by atoms with Gasteiger partial charge in [-0.1, -0.05) is 105 Å². The molecule has 0 radical (unpaired) electrons. The third-order valence-corrected chi connectivity index (χ3v) is 13.1. The molecule has 6 rings (SSSR count). The molecule has 31 heavy (non-hydrogen) atoms. The van der Waals surface area contributed by atoms with Crippen molar-refractivity contribution in [2.45, 2.75) is 50.2 Å². The molecule has 1 aromatic rings. The first-order chi connectivity index (χ1) is 15.1. The summed E-state index contributed by atoms with van der Waals surface area (Å²) >= 11 is 0. The minimum atomic E-state index is -1.82. The molecule has 3 heteroatoms. The van der Waals surface area contributed by atoms with E-state index in [0.29, 0.717) is 41.9 Å². The predicted octanol–water partition coefficient (Wildman–Crippen LogP) is 6.07. The molecule has 4 aliphatic carbocycles. The van der Waals surface area contributed by atoms with E-state index in [4.69, 9.17) is 0 Å². The predicted molar refractivity (Wildman–Crippen MR) is 133 cm³/mol. The zero-order chi connectivity index (χ0) is 21.2. The number of hydrogen-bond donors (Lipinski definition) is 1. The van der Waals surface area contributed by atoms with Crippen LogP contribution in [0.3, 0.4) is 0 Å². The van der Waals surface area contributed by atoms with Gasteiger partial charge in [0.25, 0.3) is 0 Å². The van der Waals surface area contributed by atoms with Crippen molar-refractivity contribution in [3.8, 4) is 0 Å². The van der Waals surface area contributed by atoms with E-state index in [1.807, 2.05) is 0 Å². The van der Waals surface area contributed by atoms with Crippen molar-refractivity contribution in [1.82, 2.24) is 9.88 Å². The first kappa shape index (κ1) is 19.7. The van der Waals surface area contributed by atoms with Crippen molar-refractivity contribution in [2.24, 2.45) is 23.7 Å². The first-order valence-electron chi connectivity index (χ1n) is 12.1. The highest BCUT2D eigenvalue weighted by molar-refractivity contribution is 6.76. The van der Waals surface area contributed by atoms with Gasteiger partial charge in [-0.05, 0) is 46.8 Å². The van der Waals surface area contributed by atoms with Crippen LogP contribution < -0.4 is 5.32 Å². The van der Waals surface area contributed by atoms with E-state index in [-0.39, 0.29) is 0 Å². The van der Waals surface area contributed by atoms with E-state index < -0.39 is 8.24 Å². The average molecular weight is 427 g/mol. The van der Waals surface area contributed by atoms with Crippen molar-refractivity contribution < 1.29 is 0 Å². The highest BCUT2D eigenvalue weighted by atomic mass is 28.3. The van der Waals surface area contributed by atoms with Gasteiger partial charge in [0.15, 0.2) is 0 Å². The van der Waals surface area contributed by atoms with Gasteiger partial charge in [-0.25, -0.2) is 0 Å². The fourth-order valence-corrected chi connectivity index (χ4v) is 12.6. The average Bonchev–Trinajstić information content (AvgIpc) is 3.36. The number of fused-ring (bicyclic) bond motifs is 6. The van der Waals surface area contributed by atoms with Crippen LogP contribution in [0.15, 0.2) is 78.9 Å². The number of nitrogens with zero attached hydrogens (tertiary/aromatic N) is 1. The summed E-state index contributed by atoms with van der Waals surface area (Å²) in [5, 5.41) is 4.07. The van der Waals surface area contributed by atoms with E-state index in [2.05, 4.69) is 115 Å². The second kappa shape index (κ2) is 7.30. The van der Waals surface area contributed by atoms with E-state index in [1.54, 1.807) is 0 Å². The maximum absolute atomic E-state index is 4.07. The fourth-order valence-electron chi connectivity index (χ4n) is 7.62. The fraction of sp³-hybridized carbons (Fsp3) is 0.429. The summed E-state index contributed by atoms with van der Waals surface area (Å²) in [6.45, 7) is 7.68. The van der Waals surface area contributed by atoms with Gasteiger partial charge in [-0.3, -0.25) is 5.32 Å². The van der Waals surface area contributed by atoms with Crippen molar-refractivity contribution in [1.29, 1.82) is 0 Å². The number of nitrogens with one attached hydrogen (secondary N) is 1. The molecular weight excluding hydrogens is 392 g/mol. The van der Waals surface area contributed by atoms with Gasteiger partial charge in [0.2, 0.25) is 0 Å². The zero-order valence-electron chi connectivity index (χ0n) is 18.9. The van der Waals surface area contributed by atoms with Gasteiger partial charge in [-0.15, -0.1) is 0 Å². The Morgan fingerprint density at radius 2 is 1.45 bits per heavy atom. The van der Waals surface area contributed by atoms with Gasteiger partial charge in [0.05, 0.1) is 12.2 Å². The van der Waals surface area contributed by atoms with Crippen LogP contribution in [-0.2, 0) is 0 Å². The molecule has 0 spiro atoms. The summed E-state index contributed by atoms with van der Waals surface area (Å²) in [6, 6.07) is 9.84. The first-order valence-corrected chi connectivity index (χ1v) is 15.2. The number of benzene rings is 1. The monoisotopic (exact) mass is 426 g/mol. The molecule has 5 unspecified atom stereocenters. The van der Waals surface area contributed by atoms with Crippen molar-refractivity contribution >= 4 is 14.3 Å². The molecule has 0 aromatic heterocycles. The summed E-state index contributed by atoms with van der Waals surface area (Å²) in [6.07, 6.45) is 25.7. The van der Waals surface area contributed by atoms with Crippen LogP contribution in [0.5, 0.6) is 0 Å². The highest BCUT2D eigenvalue weighted by Crippen LogP contribution is 2.59. The lowest BCUT2D eigenvalue weighted by atomic mass is 9.83. The maximum Gasteiger partial charge on any atom is 0.129 e. The number of hydrogen-bond acceptors (Lipinski definition) is 2. The number of rotatable bonds is 3. The highest BCUT2D eigenvalue weighted by Gasteiger charge is 2.59. The zero-order valence-corrected chi connectivity index (χ0v) is 19.9. The largest absolute Gasteiger partial charge is 0.301 e. The van der Waals surface area contributed by atoms with Crippen LogP contribution >= 0.6 is 0 Å². The SMILES string of the molecule is CC[C@H]1NC2c3ccccc3C=C[C@H]2N1[Si](C)(C)C1C2C=CC=CC2C2C=CC=CC21. The molecule has 160 valence electrons. The standard InChI is InChI=1S/C28H34N2Si/c1-4-26-29-27-20-12-6-5-11-19(20)17-18-25(27)30(26)31(2,3)28-23-15-9-7-13-21(23)22-14-8-10-16-24(22)28/h5-18,21-29H,4H2,1-3H3/t21?,22?,23?,24?,25-,26+,27?,28?/m1/s1. The second-order valence-corrected chi connectivity index (χ2v) is 15.0. The van der Waals surface area contributed by atoms with Crippen LogP contribution in [0.2, 0.25) is 18.6 Å². The minimum absolute atomic E-state index is 0.412. The van der Waals surface area contributed by atoms with Crippen molar-refractivity contribution in [3.05, 3.63) is 90.1 Å². The summed E-state index contributed by atoms with van der Waals surface area (Å²) in [7, 11) is -1.82. The van der Waals surface area contributed by atoms with Crippen LogP contribution in [-0.4, -0.2) is 25.0 Å². The van der Waals surface area contributed by atoms with E-state index in [9.17, 15) is 0 Å². The Balaban J connectivity index is 1.41. The smallest absolute Gasteiger partial charge is 0.129 e. The van der Waals surface area contributed by atoms with Crippen LogP contribution in [0.25, 0.3) is 6.08 Å². The van der Waals surface area contributed by atoms with Gasteiger partial charge >= 0.3 is 0 Å². The van der Waals surface area contributed by atoms with Crippen molar-refractivity contribution in [2.75, 3.05) is 0 Å². The third-order valence-electron chi connectivity index (χ3n) is 8.76. The Morgan fingerprint density at radius 1 is 0.839 bits per heavy atom. The Labute approximate surface area is 188 Å². The molecule has 7 atom stereocenters. The second-order valence-electron chi connectivity index (χ2n) is 10.5. The molecule has 1 saturated carbocycles. The van der Waals surface area contributed by atoms with Crippen LogP contribution in [0, 0.1) is 23.7 Å². The van der Waals surface area contributed by atoms with E-state index >= 15 is 0 Å². The molecule has 1 N–H and O–H groups in total. The van der Waals surface area contributed by atoms with Gasteiger partial charge < -0.3 is 4.57 Å².